The molecule has 1 N–H and O–H groups in total. The number of aromatic nitrogens is 3. The molecule has 0 amide bonds. The van der Waals surface area contributed by atoms with Crippen LogP contribution in [0.1, 0.15) is 12.2 Å². The first-order valence-electron chi connectivity index (χ1n) is 6.29. The lowest BCUT2D eigenvalue weighted by Crippen LogP contribution is -2.05. The van der Waals surface area contributed by atoms with Crippen LogP contribution in [-0.4, -0.2) is 28.0 Å². The third-order valence-electron chi connectivity index (χ3n) is 3.00. The van der Waals surface area contributed by atoms with Gasteiger partial charge in [-0.1, -0.05) is 0 Å². The minimum absolute atomic E-state index is 0.621. The molecule has 0 radical (unpaired) electrons. The largest absolute Gasteiger partial charge is 0.490 e. The highest BCUT2D eigenvalue weighted by Crippen LogP contribution is 2.32. The van der Waals surface area contributed by atoms with Crippen LogP contribution in [-0.2, 0) is 13.6 Å². The van der Waals surface area contributed by atoms with Crippen LogP contribution in [0.4, 0.5) is 5.69 Å². The van der Waals surface area contributed by atoms with Gasteiger partial charge in [0.05, 0.1) is 19.8 Å². The zero-order chi connectivity index (χ0) is 13.1. The van der Waals surface area contributed by atoms with E-state index in [2.05, 4.69) is 15.5 Å². The molecule has 19 heavy (non-hydrogen) atoms. The van der Waals surface area contributed by atoms with Crippen LogP contribution in [0.3, 0.4) is 0 Å². The van der Waals surface area contributed by atoms with Gasteiger partial charge in [0.1, 0.15) is 6.33 Å². The Bertz CT molecular complexity index is 568. The molecular weight excluding hydrogens is 244 g/mol. The zero-order valence-electron chi connectivity index (χ0n) is 10.8. The molecule has 0 saturated heterocycles. The van der Waals surface area contributed by atoms with Crippen molar-refractivity contribution in [3.63, 3.8) is 0 Å². The quantitative estimate of drug-likeness (QED) is 0.908. The molecule has 1 aliphatic heterocycles. The molecule has 0 spiro atoms. The van der Waals surface area contributed by atoms with Crippen molar-refractivity contribution in [2.75, 3.05) is 18.5 Å². The molecule has 0 unspecified atom stereocenters. The fourth-order valence-corrected chi connectivity index (χ4v) is 1.92. The summed E-state index contributed by atoms with van der Waals surface area (Å²) in [4.78, 5) is 0. The van der Waals surface area contributed by atoms with Gasteiger partial charge in [-0.3, -0.25) is 0 Å². The number of benzene rings is 1. The summed E-state index contributed by atoms with van der Waals surface area (Å²) in [6.07, 6.45) is 2.60. The zero-order valence-corrected chi connectivity index (χ0v) is 10.8. The average Bonchev–Trinajstić information content (AvgIpc) is 2.70. The molecule has 6 heteroatoms. The van der Waals surface area contributed by atoms with E-state index in [1.54, 1.807) is 6.33 Å². The molecule has 100 valence electrons. The van der Waals surface area contributed by atoms with E-state index in [4.69, 9.17) is 9.47 Å². The third-order valence-corrected chi connectivity index (χ3v) is 3.00. The van der Waals surface area contributed by atoms with Crippen molar-refractivity contribution in [1.82, 2.24) is 14.8 Å². The van der Waals surface area contributed by atoms with Crippen molar-refractivity contribution in [3.8, 4) is 11.5 Å². The van der Waals surface area contributed by atoms with Crippen molar-refractivity contribution in [3.05, 3.63) is 30.4 Å². The van der Waals surface area contributed by atoms with Crippen LogP contribution in [0, 0.1) is 0 Å². The molecule has 0 aliphatic carbocycles. The molecule has 0 atom stereocenters. The van der Waals surface area contributed by atoms with Gasteiger partial charge in [0.25, 0.3) is 0 Å². The van der Waals surface area contributed by atoms with Crippen LogP contribution < -0.4 is 14.8 Å². The lowest BCUT2D eigenvalue weighted by molar-refractivity contribution is 0.297. The molecule has 0 fully saturated rings. The van der Waals surface area contributed by atoms with Gasteiger partial charge in [-0.25, -0.2) is 0 Å². The minimum atomic E-state index is 0.621. The number of aryl methyl sites for hydroxylation is 1. The summed E-state index contributed by atoms with van der Waals surface area (Å²) in [5.41, 5.74) is 0.979. The molecular formula is C13H16N4O2. The lowest BCUT2D eigenvalue weighted by Gasteiger charge is -2.10. The Labute approximate surface area is 111 Å². The Morgan fingerprint density at radius 3 is 2.89 bits per heavy atom. The summed E-state index contributed by atoms with van der Waals surface area (Å²) in [5, 5.41) is 11.2. The monoisotopic (exact) mass is 260 g/mol. The molecule has 2 aromatic rings. The number of hydrogen-bond donors (Lipinski definition) is 1. The molecule has 0 saturated carbocycles. The van der Waals surface area contributed by atoms with E-state index < -0.39 is 0 Å². The van der Waals surface area contributed by atoms with E-state index in [1.807, 2.05) is 29.8 Å². The van der Waals surface area contributed by atoms with E-state index in [0.29, 0.717) is 19.8 Å². The number of anilines is 1. The normalized spacial score (nSPS) is 13.9. The summed E-state index contributed by atoms with van der Waals surface area (Å²) in [6.45, 7) is 2.02. The van der Waals surface area contributed by atoms with E-state index in [1.165, 1.54) is 0 Å². The van der Waals surface area contributed by atoms with Gasteiger partial charge < -0.3 is 19.4 Å². The number of nitrogens with one attached hydrogen (secondary N) is 1. The number of hydrogen-bond acceptors (Lipinski definition) is 5. The summed E-state index contributed by atoms with van der Waals surface area (Å²) in [7, 11) is 1.92. The predicted octanol–water partition coefficient (Wildman–Crippen LogP) is 1.59. The first-order valence-corrected chi connectivity index (χ1v) is 6.29. The van der Waals surface area contributed by atoms with Gasteiger partial charge in [-0.05, 0) is 12.1 Å². The first kappa shape index (κ1) is 11.8. The fourth-order valence-electron chi connectivity index (χ4n) is 1.92. The molecule has 6 nitrogen and oxygen atoms in total. The molecule has 3 rings (SSSR count). The standard InChI is InChI=1S/C13H16N4O2/c1-17-9-15-16-13(17)8-14-10-3-4-11-12(7-10)19-6-2-5-18-11/h3-4,7,9,14H,2,5-6,8H2,1H3. The Morgan fingerprint density at radius 1 is 1.26 bits per heavy atom. The van der Waals surface area contributed by atoms with E-state index in [9.17, 15) is 0 Å². The van der Waals surface area contributed by atoms with Crippen LogP contribution >= 0.6 is 0 Å². The van der Waals surface area contributed by atoms with Crippen LogP contribution in [0.2, 0.25) is 0 Å². The maximum absolute atomic E-state index is 5.65. The number of rotatable bonds is 3. The van der Waals surface area contributed by atoms with Crippen molar-refractivity contribution in [1.29, 1.82) is 0 Å². The Morgan fingerprint density at radius 2 is 2.11 bits per heavy atom. The van der Waals surface area contributed by atoms with Crippen molar-refractivity contribution < 1.29 is 9.47 Å². The molecule has 0 bridgehead atoms. The third kappa shape index (κ3) is 2.62. The SMILES string of the molecule is Cn1cnnc1CNc1ccc2c(c1)OCCCO2. The number of ether oxygens (including phenoxy) is 2. The van der Waals surface area contributed by atoms with Crippen LogP contribution in [0.25, 0.3) is 0 Å². The highest BCUT2D eigenvalue weighted by atomic mass is 16.5. The maximum Gasteiger partial charge on any atom is 0.163 e. The molecule has 1 aromatic carbocycles. The Kier molecular flexibility index (Phi) is 3.22. The second kappa shape index (κ2) is 5.17. The summed E-state index contributed by atoms with van der Waals surface area (Å²) >= 11 is 0. The minimum Gasteiger partial charge on any atom is -0.490 e. The van der Waals surface area contributed by atoms with Gasteiger partial charge in [0, 0.05) is 25.2 Å². The van der Waals surface area contributed by atoms with Gasteiger partial charge in [0.15, 0.2) is 17.3 Å². The van der Waals surface area contributed by atoms with Crippen molar-refractivity contribution in [2.45, 2.75) is 13.0 Å². The Hall–Kier alpha value is -2.24. The van der Waals surface area contributed by atoms with E-state index in [-0.39, 0.29) is 0 Å². The Balaban J connectivity index is 1.72. The summed E-state index contributed by atoms with van der Waals surface area (Å²) in [5.74, 6) is 2.48. The van der Waals surface area contributed by atoms with Crippen LogP contribution in [0.5, 0.6) is 11.5 Å². The van der Waals surface area contributed by atoms with Gasteiger partial charge >= 0.3 is 0 Å². The summed E-state index contributed by atoms with van der Waals surface area (Å²) in [6, 6.07) is 5.86. The smallest absolute Gasteiger partial charge is 0.163 e. The van der Waals surface area contributed by atoms with Gasteiger partial charge in [0.2, 0.25) is 0 Å². The van der Waals surface area contributed by atoms with Gasteiger partial charge in [-0.2, -0.15) is 0 Å². The molecule has 1 aromatic heterocycles. The maximum atomic E-state index is 5.65. The van der Waals surface area contributed by atoms with E-state index >= 15 is 0 Å². The lowest BCUT2D eigenvalue weighted by atomic mass is 10.2. The second-order valence-corrected chi connectivity index (χ2v) is 4.42. The van der Waals surface area contributed by atoms with Gasteiger partial charge in [-0.15, -0.1) is 10.2 Å². The molecule has 2 heterocycles. The van der Waals surface area contributed by atoms with Crippen molar-refractivity contribution >= 4 is 5.69 Å². The predicted molar refractivity (Wildman–Crippen MR) is 70.4 cm³/mol. The topological polar surface area (TPSA) is 61.2 Å². The van der Waals surface area contributed by atoms with E-state index in [0.717, 1.165) is 29.4 Å². The van der Waals surface area contributed by atoms with Crippen molar-refractivity contribution in [2.24, 2.45) is 7.05 Å². The number of fused-ring (bicyclic) bond motifs is 1. The highest BCUT2D eigenvalue weighted by molar-refractivity contribution is 5.54. The fraction of sp³-hybridized carbons (Fsp3) is 0.385. The highest BCUT2D eigenvalue weighted by Gasteiger charge is 2.10. The first-order chi connectivity index (χ1) is 9.33. The second-order valence-electron chi connectivity index (χ2n) is 4.42. The number of nitrogens with zero attached hydrogens (tertiary/aromatic N) is 3. The average molecular weight is 260 g/mol. The summed E-state index contributed by atoms with van der Waals surface area (Å²) < 4.78 is 13.1. The van der Waals surface area contributed by atoms with Crippen LogP contribution in [0.15, 0.2) is 24.5 Å². The molecule has 1 aliphatic rings.